The molecule has 2 aromatic rings. The molecule has 0 saturated carbocycles. The topological polar surface area (TPSA) is 69.6 Å². The third-order valence-electron chi connectivity index (χ3n) is 3.53. The van der Waals surface area contributed by atoms with Gasteiger partial charge in [0.1, 0.15) is 0 Å². The van der Waals surface area contributed by atoms with E-state index in [2.05, 4.69) is 5.32 Å². The van der Waals surface area contributed by atoms with E-state index in [0.29, 0.717) is 25.2 Å². The van der Waals surface area contributed by atoms with Crippen LogP contribution in [0.1, 0.15) is 12.0 Å². The van der Waals surface area contributed by atoms with Gasteiger partial charge in [0.15, 0.2) is 0 Å². The van der Waals surface area contributed by atoms with E-state index in [1.165, 1.54) is 0 Å². The van der Waals surface area contributed by atoms with Crippen molar-refractivity contribution >= 4 is 22.5 Å². The second kappa shape index (κ2) is 9.20. The van der Waals surface area contributed by atoms with Crippen LogP contribution in [0.4, 0.5) is 10.5 Å². The Kier molecular flexibility index (Phi) is 6.96. The number of benzene rings is 2. The molecule has 0 radical (unpaired) electrons. The predicted octanol–water partition coefficient (Wildman–Crippen LogP) is 2.84. The van der Waals surface area contributed by atoms with Gasteiger partial charge in [-0.05, 0) is 36.2 Å². The van der Waals surface area contributed by atoms with E-state index < -0.39 is 10.8 Å². The van der Waals surface area contributed by atoms with E-state index in [-0.39, 0.29) is 12.6 Å². The van der Waals surface area contributed by atoms with Crippen molar-refractivity contribution in [2.24, 2.45) is 0 Å². The zero-order valence-electron chi connectivity index (χ0n) is 13.6. The van der Waals surface area contributed by atoms with Crippen molar-refractivity contribution < 1.29 is 14.1 Å². The number of aliphatic hydroxyl groups is 1. The third kappa shape index (κ3) is 5.47. The molecule has 0 aliphatic rings. The molecular weight excluding hydrogens is 324 g/mol. The fourth-order valence-corrected chi connectivity index (χ4v) is 2.77. The van der Waals surface area contributed by atoms with Crippen molar-refractivity contribution in [1.82, 2.24) is 4.90 Å². The standard InChI is InChI=1S/C18H22N2O3S/c1-24(23)17-10-8-16(9-11-17)19-18(22)20(12-5-13-21)14-15-6-3-2-4-7-15/h2-4,6-11,21H,5,12-14H2,1H3,(H,19,22)/t24-/m1/s1. The lowest BCUT2D eigenvalue weighted by molar-refractivity contribution is 0.199. The molecule has 0 aliphatic carbocycles. The first kappa shape index (κ1) is 18.2. The summed E-state index contributed by atoms with van der Waals surface area (Å²) in [5, 5.41) is 11.9. The van der Waals surface area contributed by atoms with Gasteiger partial charge in [0, 0.05) is 47.3 Å². The van der Waals surface area contributed by atoms with Gasteiger partial charge >= 0.3 is 6.03 Å². The molecule has 0 aromatic heterocycles. The van der Waals surface area contributed by atoms with Gasteiger partial charge in [-0.1, -0.05) is 30.3 Å². The highest BCUT2D eigenvalue weighted by molar-refractivity contribution is 7.84. The minimum absolute atomic E-state index is 0.0373. The van der Waals surface area contributed by atoms with Crippen LogP contribution < -0.4 is 5.32 Å². The van der Waals surface area contributed by atoms with Crippen LogP contribution in [0.25, 0.3) is 0 Å². The number of urea groups is 1. The van der Waals surface area contributed by atoms with Crippen LogP contribution in [0.15, 0.2) is 59.5 Å². The first-order valence-corrected chi connectivity index (χ1v) is 9.30. The second-order valence-electron chi connectivity index (χ2n) is 5.39. The summed E-state index contributed by atoms with van der Waals surface area (Å²) in [5.74, 6) is 0. The Bertz CT molecular complexity index is 674. The van der Waals surface area contributed by atoms with Gasteiger partial charge in [-0.3, -0.25) is 4.21 Å². The van der Waals surface area contributed by atoms with Crippen molar-refractivity contribution in [3.63, 3.8) is 0 Å². The maximum absolute atomic E-state index is 12.5. The third-order valence-corrected chi connectivity index (χ3v) is 4.46. The summed E-state index contributed by atoms with van der Waals surface area (Å²) >= 11 is 0. The number of carbonyl (C=O) groups is 1. The van der Waals surface area contributed by atoms with E-state index in [4.69, 9.17) is 5.11 Å². The second-order valence-corrected chi connectivity index (χ2v) is 6.77. The molecule has 0 bridgehead atoms. The summed E-state index contributed by atoms with van der Waals surface area (Å²) in [6.45, 7) is 0.980. The number of aliphatic hydroxyl groups excluding tert-OH is 1. The summed E-state index contributed by atoms with van der Waals surface area (Å²) in [4.78, 5) is 14.9. The van der Waals surface area contributed by atoms with Gasteiger partial charge < -0.3 is 15.3 Å². The van der Waals surface area contributed by atoms with Crippen LogP contribution in [0.3, 0.4) is 0 Å². The SMILES string of the molecule is C[S@@](=O)c1ccc(NC(=O)N(CCCO)Cc2ccccc2)cc1. The first-order valence-electron chi connectivity index (χ1n) is 7.74. The maximum atomic E-state index is 12.5. The molecular formula is C18H22N2O3S. The number of amides is 2. The van der Waals surface area contributed by atoms with E-state index in [9.17, 15) is 9.00 Å². The zero-order chi connectivity index (χ0) is 17.4. The molecule has 6 heteroatoms. The molecule has 2 N–H and O–H groups in total. The van der Waals surface area contributed by atoms with Crippen molar-refractivity contribution in [3.05, 3.63) is 60.2 Å². The molecule has 0 unspecified atom stereocenters. The van der Waals surface area contributed by atoms with Crippen molar-refractivity contribution in [2.75, 3.05) is 24.7 Å². The van der Waals surface area contributed by atoms with Gasteiger partial charge in [-0.15, -0.1) is 0 Å². The maximum Gasteiger partial charge on any atom is 0.322 e. The van der Waals surface area contributed by atoms with Crippen molar-refractivity contribution in [1.29, 1.82) is 0 Å². The Balaban J connectivity index is 2.04. The average Bonchev–Trinajstić information content (AvgIpc) is 2.60. The van der Waals surface area contributed by atoms with Gasteiger partial charge in [0.25, 0.3) is 0 Å². The quantitative estimate of drug-likeness (QED) is 0.810. The van der Waals surface area contributed by atoms with Crippen LogP contribution in [-0.4, -0.2) is 39.7 Å². The van der Waals surface area contributed by atoms with Crippen LogP contribution >= 0.6 is 0 Å². The molecule has 24 heavy (non-hydrogen) atoms. The molecule has 2 aromatic carbocycles. The van der Waals surface area contributed by atoms with Crippen LogP contribution in [0.5, 0.6) is 0 Å². The van der Waals surface area contributed by atoms with Crippen LogP contribution in [-0.2, 0) is 17.3 Å². The number of hydrogen-bond donors (Lipinski definition) is 2. The van der Waals surface area contributed by atoms with Gasteiger partial charge in [0.05, 0.1) is 0 Å². The molecule has 0 fully saturated rings. The van der Waals surface area contributed by atoms with Gasteiger partial charge in [-0.25, -0.2) is 4.79 Å². The Labute approximate surface area is 144 Å². The van der Waals surface area contributed by atoms with E-state index in [0.717, 1.165) is 10.5 Å². The van der Waals surface area contributed by atoms with Crippen molar-refractivity contribution in [3.8, 4) is 0 Å². The van der Waals surface area contributed by atoms with Crippen LogP contribution in [0.2, 0.25) is 0 Å². The van der Waals surface area contributed by atoms with Crippen LogP contribution in [0, 0.1) is 0 Å². The molecule has 0 aliphatic heterocycles. The monoisotopic (exact) mass is 346 g/mol. The fraction of sp³-hybridized carbons (Fsp3) is 0.278. The molecule has 5 nitrogen and oxygen atoms in total. The summed E-state index contributed by atoms with van der Waals surface area (Å²) in [5.41, 5.74) is 1.68. The molecule has 128 valence electrons. The Morgan fingerprint density at radius 1 is 1.12 bits per heavy atom. The van der Waals surface area contributed by atoms with Gasteiger partial charge in [-0.2, -0.15) is 0 Å². The number of anilines is 1. The lowest BCUT2D eigenvalue weighted by Crippen LogP contribution is -2.35. The summed E-state index contributed by atoms with van der Waals surface area (Å²) < 4.78 is 11.4. The average molecular weight is 346 g/mol. The highest BCUT2D eigenvalue weighted by Crippen LogP contribution is 2.14. The molecule has 1 atom stereocenters. The Morgan fingerprint density at radius 3 is 2.38 bits per heavy atom. The fourth-order valence-electron chi connectivity index (χ4n) is 2.25. The highest BCUT2D eigenvalue weighted by Gasteiger charge is 2.14. The molecule has 2 amide bonds. The van der Waals surface area contributed by atoms with Crippen molar-refractivity contribution in [2.45, 2.75) is 17.9 Å². The molecule has 0 heterocycles. The number of nitrogens with zero attached hydrogens (tertiary/aromatic N) is 1. The summed E-state index contributed by atoms with van der Waals surface area (Å²) in [6, 6.07) is 16.4. The molecule has 0 spiro atoms. The number of carbonyl (C=O) groups excluding carboxylic acids is 1. The smallest absolute Gasteiger partial charge is 0.322 e. The van der Waals surface area contributed by atoms with Gasteiger partial charge in [0.2, 0.25) is 0 Å². The summed E-state index contributed by atoms with van der Waals surface area (Å²) in [6.07, 6.45) is 2.14. The lowest BCUT2D eigenvalue weighted by atomic mass is 10.2. The highest BCUT2D eigenvalue weighted by atomic mass is 32.2. The Hall–Kier alpha value is -2.18. The largest absolute Gasteiger partial charge is 0.396 e. The molecule has 0 saturated heterocycles. The zero-order valence-corrected chi connectivity index (χ0v) is 14.5. The number of nitrogens with one attached hydrogen (secondary N) is 1. The Morgan fingerprint density at radius 2 is 1.79 bits per heavy atom. The lowest BCUT2D eigenvalue weighted by Gasteiger charge is -2.23. The minimum Gasteiger partial charge on any atom is -0.396 e. The molecule has 2 rings (SSSR count). The van der Waals surface area contributed by atoms with E-state index >= 15 is 0 Å². The van der Waals surface area contributed by atoms with E-state index in [1.807, 2.05) is 30.3 Å². The van der Waals surface area contributed by atoms with E-state index in [1.54, 1.807) is 35.4 Å². The first-order chi connectivity index (χ1) is 11.6. The number of hydrogen-bond acceptors (Lipinski definition) is 3. The normalized spacial score (nSPS) is 11.8. The number of rotatable bonds is 7. The minimum atomic E-state index is -1.04. The summed E-state index contributed by atoms with van der Waals surface area (Å²) in [7, 11) is -1.04. The predicted molar refractivity (Wildman–Crippen MR) is 96.3 cm³/mol.